The molecule has 0 radical (unpaired) electrons. The van der Waals surface area contributed by atoms with Crippen LogP contribution in [0.2, 0.25) is 0 Å². The maximum Gasteiger partial charge on any atom is 0.276 e. The number of allylic oxidation sites excluding steroid dienone is 2. The lowest BCUT2D eigenvalue weighted by Gasteiger charge is -2.27. The summed E-state index contributed by atoms with van der Waals surface area (Å²) in [7, 11) is 0. The molecule has 0 spiro atoms. The van der Waals surface area contributed by atoms with Gasteiger partial charge in [0.2, 0.25) is 5.75 Å². The maximum atomic E-state index is 15.5. The van der Waals surface area contributed by atoms with Gasteiger partial charge in [-0.15, -0.1) is 0 Å². The Morgan fingerprint density at radius 3 is 2.53 bits per heavy atom. The molecule has 1 aromatic heterocycles. The number of carbonyl (C=O) groups is 1. The zero-order valence-corrected chi connectivity index (χ0v) is 27.5. The number of hydrogen-bond acceptors (Lipinski definition) is 8. The molecule has 3 aromatic carbocycles. The summed E-state index contributed by atoms with van der Waals surface area (Å²) in [5.41, 5.74) is 2.96. The zero-order chi connectivity index (χ0) is 34.3. The molecule has 0 atom stereocenters. The molecule has 0 bridgehead atoms. The summed E-state index contributed by atoms with van der Waals surface area (Å²) in [6.07, 6.45) is 5.61. The fourth-order valence-electron chi connectivity index (χ4n) is 5.71. The van der Waals surface area contributed by atoms with E-state index in [1.54, 1.807) is 31.3 Å². The van der Waals surface area contributed by atoms with Crippen molar-refractivity contribution in [2.45, 2.75) is 20.3 Å². The van der Waals surface area contributed by atoms with Crippen LogP contribution in [0.25, 0.3) is 11.4 Å². The molecular weight excluding hydrogens is 634 g/mol. The molecule has 256 valence electrons. The van der Waals surface area contributed by atoms with Crippen molar-refractivity contribution >= 4 is 17.4 Å². The monoisotopic (exact) mass is 672 g/mol. The van der Waals surface area contributed by atoms with Gasteiger partial charge in [0, 0.05) is 37.6 Å². The number of anilines is 1. The zero-order valence-electron chi connectivity index (χ0n) is 27.5. The number of aryl methyl sites for hydroxylation is 2. The van der Waals surface area contributed by atoms with Crippen LogP contribution < -0.4 is 24.3 Å². The number of morpholine rings is 1. The third-order valence-electron chi connectivity index (χ3n) is 8.11. The van der Waals surface area contributed by atoms with E-state index in [4.69, 9.17) is 23.7 Å². The minimum Gasteiger partial charge on any atom is -0.489 e. The van der Waals surface area contributed by atoms with E-state index in [-0.39, 0.29) is 22.9 Å². The first-order valence-corrected chi connectivity index (χ1v) is 16.1. The number of fused-ring (bicyclic) bond motifs is 1. The summed E-state index contributed by atoms with van der Waals surface area (Å²) in [6, 6.07) is 11.8. The fourth-order valence-corrected chi connectivity index (χ4v) is 5.71. The minimum absolute atomic E-state index is 0.0736. The Hall–Kier alpha value is -5.20. The number of rotatable bonds is 12. The summed E-state index contributed by atoms with van der Waals surface area (Å²) >= 11 is 0. The van der Waals surface area contributed by atoms with Crippen LogP contribution in [-0.2, 0) is 4.74 Å². The molecule has 10 nitrogen and oxygen atoms in total. The van der Waals surface area contributed by atoms with Crippen molar-refractivity contribution in [2.24, 2.45) is 0 Å². The number of halogens is 2. The van der Waals surface area contributed by atoms with Crippen LogP contribution in [-0.4, -0.2) is 73.3 Å². The highest BCUT2D eigenvalue weighted by Gasteiger charge is 2.27. The van der Waals surface area contributed by atoms with E-state index in [1.807, 2.05) is 13.0 Å². The van der Waals surface area contributed by atoms with Crippen LogP contribution in [0.1, 0.15) is 33.6 Å². The van der Waals surface area contributed by atoms with E-state index in [1.165, 1.54) is 35.0 Å². The first kappa shape index (κ1) is 33.7. The standard InChI is InChI=1S/C37H38F2N4O6/c1-4-6-32(34-25(3)22-33(35-36(34)48-20-19-47-35)46-16-5-12-42-14-17-45-18-15-42)49-31-10-8-27(23-28(31)39)40-37(44)29-11-13-43(41-29)30-9-7-26(38)21-24(30)2/h4,6-11,13,21-23H,1,5,12,14-20H2,2-3H3,(H,40,44)/b32-6+. The number of carbonyl (C=O) groups excluding carboxylic acids is 1. The molecule has 49 heavy (non-hydrogen) atoms. The van der Waals surface area contributed by atoms with Gasteiger partial charge < -0.3 is 29.0 Å². The van der Waals surface area contributed by atoms with Gasteiger partial charge in [-0.1, -0.05) is 12.7 Å². The second-order valence-electron chi connectivity index (χ2n) is 11.6. The average Bonchev–Trinajstić information content (AvgIpc) is 3.58. The molecule has 2 aliphatic heterocycles. The van der Waals surface area contributed by atoms with Crippen LogP contribution in [0.5, 0.6) is 23.0 Å². The van der Waals surface area contributed by atoms with E-state index in [2.05, 4.69) is 21.9 Å². The Labute approximate surface area is 283 Å². The van der Waals surface area contributed by atoms with Crippen LogP contribution in [0.15, 0.2) is 73.5 Å². The van der Waals surface area contributed by atoms with E-state index < -0.39 is 11.7 Å². The van der Waals surface area contributed by atoms with Gasteiger partial charge in [0.25, 0.3) is 5.91 Å². The van der Waals surface area contributed by atoms with Crippen molar-refractivity contribution in [1.82, 2.24) is 14.7 Å². The Balaban J connectivity index is 1.15. The van der Waals surface area contributed by atoms with Gasteiger partial charge in [-0.05, 0) is 79.9 Å². The quantitative estimate of drug-likeness (QED) is 0.104. The second kappa shape index (κ2) is 15.3. The van der Waals surface area contributed by atoms with Crippen molar-refractivity contribution in [3.8, 4) is 28.7 Å². The molecular formula is C37H38F2N4O6. The Morgan fingerprint density at radius 1 is 0.980 bits per heavy atom. The number of nitrogens with zero attached hydrogens (tertiary/aromatic N) is 3. The predicted molar refractivity (Wildman–Crippen MR) is 181 cm³/mol. The molecule has 6 rings (SSSR count). The van der Waals surface area contributed by atoms with Crippen LogP contribution >= 0.6 is 0 Å². The molecule has 1 amide bonds. The third kappa shape index (κ3) is 7.93. The molecule has 0 unspecified atom stereocenters. The molecule has 1 saturated heterocycles. The largest absolute Gasteiger partial charge is 0.489 e. The van der Waals surface area contributed by atoms with E-state index >= 15 is 4.39 Å². The van der Waals surface area contributed by atoms with Gasteiger partial charge >= 0.3 is 0 Å². The number of ether oxygens (including phenoxy) is 5. The highest BCUT2D eigenvalue weighted by molar-refractivity contribution is 6.02. The lowest BCUT2D eigenvalue weighted by atomic mass is 10.0. The lowest BCUT2D eigenvalue weighted by Crippen LogP contribution is -2.37. The van der Waals surface area contributed by atoms with Gasteiger partial charge in [0.15, 0.2) is 28.8 Å². The van der Waals surface area contributed by atoms with Crippen LogP contribution in [0.3, 0.4) is 0 Å². The smallest absolute Gasteiger partial charge is 0.276 e. The molecule has 0 saturated carbocycles. The molecule has 1 N–H and O–H groups in total. The highest BCUT2D eigenvalue weighted by atomic mass is 19.1. The summed E-state index contributed by atoms with van der Waals surface area (Å²) in [6.45, 7) is 12.9. The third-order valence-corrected chi connectivity index (χ3v) is 8.11. The summed E-state index contributed by atoms with van der Waals surface area (Å²) in [5.74, 6) is 0.0966. The lowest BCUT2D eigenvalue weighted by molar-refractivity contribution is 0.0357. The van der Waals surface area contributed by atoms with Crippen LogP contribution in [0.4, 0.5) is 14.5 Å². The SMILES string of the molecule is C=C/C=C(/Oc1ccc(NC(=O)c2ccn(-c3ccc(F)cc3C)n2)cc1F)c1c(C)cc(OCCCN2CCOCC2)c2c1OCCO2. The highest BCUT2D eigenvalue weighted by Crippen LogP contribution is 2.47. The minimum atomic E-state index is -0.705. The van der Waals surface area contributed by atoms with Gasteiger partial charge in [0.05, 0.1) is 31.1 Å². The summed E-state index contributed by atoms with van der Waals surface area (Å²) in [4.78, 5) is 15.3. The normalized spacial score (nSPS) is 14.7. The number of benzene rings is 3. The van der Waals surface area contributed by atoms with Gasteiger partial charge in [-0.3, -0.25) is 9.69 Å². The van der Waals surface area contributed by atoms with E-state index in [0.29, 0.717) is 59.6 Å². The predicted octanol–water partition coefficient (Wildman–Crippen LogP) is 6.50. The molecule has 4 aromatic rings. The van der Waals surface area contributed by atoms with Gasteiger partial charge in [-0.2, -0.15) is 5.10 Å². The molecule has 0 aliphatic carbocycles. The average molecular weight is 673 g/mol. The number of hydrogen-bond donors (Lipinski definition) is 1. The Bertz CT molecular complexity index is 1870. The summed E-state index contributed by atoms with van der Waals surface area (Å²) < 4.78 is 60.2. The molecule has 3 heterocycles. The molecule has 2 aliphatic rings. The van der Waals surface area contributed by atoms with Crippen molar-refractivity contribution in [1.29, 1.82) is 0 Å². The van der Waals surface area contributed by atoms with Crippen molar-refractivity contribution < 1.29 is 37.3 Å². The second-order valence-corrected chi connectivity index (χ2v) is 11.6. The molecule has 12 heteroatoms. The van der Waals surface area contributed by atoms with E-state index in [0.717, 1.165) is 50.9 Å². The van der Waals surface area contributed by atoms with Gasteiger partial charge in [-0.25, -0.2) is 13.5 Å². The topological polar surface area (TPSA) is 96.3 Å². The van der Waals surface area contributed by atoms with E-state index in [9.17, 15) is 9.18 Å². The molecule has 1 fully saturated rings. The van der Waals surface area contributed by atoms with Crippen molar-refractivity contribution in [3.63, 3.8) is 0 Å². The number of nitrogens with one attached hydrogen (secondary N) is 1. The maximum absolute atomic E-state index is 15.5. The summed E-state index contributed by atoms with van der Waals surface area (Å²) in [5, 5.41) is 6.96. The van der Waals surface area contributed by atoms with Crippen LogP contribution in [0, 0.1) is 25.5 Å². The van der Waals surface area contributed by atoms with Crippen molar-refractivity contribution in [3.05, 3.63) is 107 Å². The van der Waals surface area contributed by atoms with Gasteiger partial charge in [0.1, 0.15) is 24.8 Å². The number of amides is 1. The first-order chi connectivity index (χ1) is 23.8. The Morgan fingerprint density at radius 2 is 1.78 bits per heavy atom. The first-order valence-electron chi connectivity index (χ1n) is 16.1. The Kier molecular flexibility index (Phi) is 10.6. The fraction of sp³-hybridized carbons (Fsp3) is 0.297. The number of aromatic nitrogens is 2. The van der Waals surface area contributed by atoms with Crippen molar-refractivity contribution in [2.75, 3.05) is 58.0 Å².